The summed E-state index contributed by atoms with van der Waals surface area (Å²) in [5, 5.41) is 5.12. The van der Waals surface area contributed by atoms with Crippen molar-refractivity contribution in [1.29, 1.82) is 0 Å². The predicted molar refractivity (Wildman–Crippen MR) is 61.6 cm³/mol. The molecule has 0 aliphatic heterocycles. The standard InChI is InChI=1S/C11H21N3O2/c1-13-10(15)7-14-11(16)9-4-2-8(6-12)3-5-9/h8-9H,2-7,12H2,1H3,(H,13,15)(H,14,16). The minimum absolute atomic E-state index is 0.000860. The third kappa shape index (κ3) is 3.81. The molecule has 0 aromatic rings. The van der Waals surface area contributed by atoms with Gasteiger partial charge in [-0.1, -0.05) is 0 Å². The molecule has 2 amide bonds. The molecule has 0 unspecified atom stereocenters. The van der Waals surface area contributed by atoms with Gasteiger partial charge in [0.05, 0.1) is 6.54 Å². The lowest BCUT2D eigenvalue weighted by molar-refractivity contribution is -0.129. The number of carbonyl (C=O) groups is 2. The molecule has 92 valence electrons. The van der Waals surface area contributed by atoms with E-state index in [4.69, 9.17) is 5.73 Å². The molecule has 0 aromatic heterocycles. The van der Waals surface area contributed by atoms with E-state index in [-0.39, 0.29) is 24.3 Å². The van der Waals surface area contributed by atoms with E-state index >= 15 is 0 Å². The maximum atomic E-state index is 11.7. The van der Waals surface area contributed by atoms with E-state index < -0.39 is 0 Å². The van der Waals surface area contributed by atoms with Gasteiger partial charge >= 0.3 is 0 Å². The van der Waals surface area contributed by atoms with E-state index in [2.05, 4.69) is 10.6 Å². The molecule has 16 heavy (non-hydrogen) atoms. The molecule has 1 rings (SSSR count). The van der Waals surface area contributed by atoms with Gasteiger partial charge in [0.25, 0.3) is 0 Å². The first-order chi connectivity index (χ1) is 7.67. The van der Waals surface area contributed by atoms with E-state index in [1.54, 1.807) is 7.05 Å². The number of nitrogens with two attached hydrogens (primary N) is 1. The number of carbonyl (C=O) groups excluding carboxylic acids is 2. The van der Waals surface area contributed by atoms with E-state index in [0.29, 0.717) is 12.5 Å². The molecule has 1 aliphatic rings. The van der Waals surface area contributed by atoms with Gasteiger partial charge in [0.2, 0.25) is 11.8 Å². The molecule has 0 bridgehead atoms. The maximum absolute atomic E-state index is 11.7. The molecular formula is C11H21N3O2. The monoisotopic (exact) mass is 227 g/mol. The Bertz CT molecular complexity index is 248. The van der Waals surface area contributed by atoms with Crippen LogP contribution in [0.5, 0.6) is 0 Å². The zero-order chi connectivity index (χ0) is 12.0. The van der Waals surface area contributed by atoms with Crippen molar-refractivity contribution >= 4 is 11.8 Å². The molecule has 0 radical (unpaired) electrons. The van der Waals surface area contributed by atoms with Gasteiger partial charge in [-0.25, -0.2) is 0 Å². The highest BCUT2D eigenvalue weighted by molar-refractivity contribution is 5.85. The Labute approximate surface area is 96.1 Å². The topological polar surface area (TPSA) is 84.2 Å². The Hall–Kier alpha value is -1.10. The molecule has 0 aromatic carbocycles. The van der Waals surface area contributed by atoms with Gasteiger partial charge in [0, 0.05) is 13.0 Å². The lowest BCUT2D eigenvalue weighted by atomic mass is 9.81. The van der Waals surface area contributed by atoms with Crippen LogP contribution < -0.4 is 16.4 Å². The molecule has 1 saturated carbocycles. The summed E-state index contributed by atoms with van der Waals surface area (Å²) in [5.41, 5.74) is 5.59. The SMILES string of the molecule is CNC(=O)CNC(=O)C1CCC(CN)CC1. The van der Waals surface area contributed by atoms with Crippen molar-refractivity contribution in [2.24, 2.45) is 17.6 Å². The van der Waals surface area contributed by atoms with E-state index in [1.165, 1.54) is 0 Å². The average molecular weight is 227 g/mol. The minimum Gasteiger partial charge on any atom is -0.358 e. The van der Waals surface area contributed by atoms with Crippen LogP contribution in [0.25, 0.3) is 0 Å². The molecule has 0 saturated heterocycles. The fourth-order valence-corrected chi connectivity index (χ4v) is 2.06. The highest BCUT2D eigenvalue weighted by Crippen LogP contribution is 2.27. The number of nitrogens with one attached hydrogen (secondary N) is 2. The maximum Gasteiger partial charge on any atom is 0.239 e. The van der Waals surface area contributed by atoms with Crippen LogP contribution in [0.2, 0.25) is 0 Å². The van der Waals surface area contributed by atoms with Gasteiger partial charge in [0.15, 0.2) is 0 Å². The summed E-state index contributed by atoms with van der Waals surface area (Å²) in [5.74, 6) is 0.471. The van der Waals surface area contributed by atoms with Crippen molar-refractivity contribution in [1.82, 2.24) is 10.6 Å². The van der Waals surface area contributed by atoms with Crippen LogP contribution in [0.1, 0.15) is 25.7 Å². The highest BCUT2D eigenvalue weighted by Gasteiger charge is 2.25. The van der Waals surface area contributed by atoms with Gasteiger partial charge in [-0.05, 0) is 38.1 Å². The van der Waals surface area contributed by atoms with Crippen molar-refractivity contribution in [2.75, 3.05) is 20.1 Å². The van der Waals surface area contributed by atoms with Crippen molar-refractivity contribution in [3.05, 3.63) is 0 Å². The number of rotatable bonds is 4. The zero-order valence-corrected chi connectivity index (χ0v) is 9.79. The fourth-order valence-electron chi connectivity index (χ4n) is 2.06. The van der Waals surface area contributed by atoms with Crippen LogP contribution >= 0.6 is 0 Å². The zero-order valence-electron chi connectivity index (χ0n) is 9.79. The summed E-state index contributed by atoms with van der Waals surface area (Å²) in [6.45, 7) is 0.790. The molecule has 4 N–H and O–H groups in total. The summed E-state index contributed by atoms with van der Waals surface area (Å²) < 4.78 is 0. The summed E-state index contributed by atoms with van der Waals surface area (Å²) in [4.78, 5) is 22.6. The average Bonchev–Trinajstić information content (AvgIpc) is 2.35. The van der Waals surface area contributed by atoms with E-state index in [0.717, 1.165) is 25.7 Å². The number of hydrogen-bond donors (Lipinski definition) is 3. The fraction of sp³-hybridized carbons (Fsp3) is 0.818. The van der Waals surface area contributed by atoms with E-state index in [9.17, 15) is 9.59 Å². The van der Waals surface area contributed by atoms with Crippen LogP contribution in [0, 0.1) is 11.8 Å². The number of likely N-dealkylation sites (N-methyl/N-ethyl adjacent to an activating group) is 1. The summed E-state index contributed by atoms with van der Waals surface area (Å²) in [7, 11) is 1.56. The quantitative estimate of drug-likeness (QED) is 0.612. The summed E-state index contributed by atoms with van der Waals surface area (Å²) >= 11 is 0. The second-order valence-corrected chi connectivity index (χ2v) is 4.34. The van der Waals surface area contributed by atoms with Gasteiger partial charge in [-0.15, -0.1) is 0 Å². The first-order valence-corrected chi connectivity index (χ1v) is 5.85. The predicted octanol–water partition coefficient (Wildman–Crippen LogP) is -0.386. The largest absolute Gasteiger partial charge is 0.358 e. The van der Waals surface area contributed by atoms with Crippen molar-refractivity contribution in [3.63, 3.8) is 0 Å². The number of hydrogen-bond acceptors (Lipinski definition) is 3. The smallest absolute Gasteiger partial charge is 0.239 e. The third-order valence-electron chi connectivity index (χ3n) is 3.25. The second-order valence-electron chi connectivity index (χ2n) is 4.34. The molecule has 1 aliphatic carbocycles. The van der Waals surface area contributed by atoms with E-state index in [1.807, 2.05) is 0 Å². The lowest BCUT2D eigenvalue weighted by Crippen LogP contribution is -2.39. The molecule has 5 heteroatoms. The molecule has 0 spiro atoms. The Kier molecular flexibility index (Phi) is 5.25. The molecule has 5 nitrogen and oxygen atoms in total. The van der Waals surface area contributed by atoms with Crippen LogP contribution in [0.3, 0.4) is 0 Å². The summed E-state index contributed by atoms with van der Waals surface area (Å²) in [6.07, 6.45) is 3.83. The molecular weight excluding hydrogens is 206 g/mol. The second kappa shape index (κ2) is 6.48. The third-order valence-corrected chi connectivity index (χ3v) is 3.25. The first-order valence-electron chi connectivity index (χ1n) is 5.85. The van der Waals surface area contributed by atoms with Crippen LogP contribution in [-0.2, 0) is 9.59 Å². The normalized spacial score (nSPS) is 24.9. The van der Waals surface area contributed by atoms with Gasteiger partial charge in [-0.2, -0.15) is 0 Å². The Morgan fingerprint density at radius 3 is 2.38 bits per heavy atom. The Morgan fingerprint density at radius 2 is 1.88 bits per heavy atom. The number of amides is 2. The van der Waals surface area contributed by atoms with Crippen LogP contribution in [0.4, 0.5) is 0 Å². The molecule has 0 heterocycles. The van der Waals surface area contributed by atoms with Crippen molar-refractivity contribution in [3.8, 4) is 0 Å². The molecule has 1 fully saturated rings. The summed E-state index contributed by atoms with van der Waals surface area (Å²) in [6, 6.07) is 0. The molecule has 0 atom stereocenters. The van der Waals surface area contributed by atoms with Crippen LogP contribution in [0.15, 0.2) is 0 Å². The van der Waals surface area contributed by atoms with Gasteiger partial charge in [-0.3, -0.25) is 9.59 Å². The Balaban J connectivity index is 2.25. The minimum atomic E-state index is -0.163. The van der Waals surface area contributed by atoms with Crippen molar-refractivity contribution < 1.29 is 9.59 Å². The Morgan fingerprint density at radius 1 is 1.25 bits per heavy atom. The van der Waals surface area contributed by atoms with Crippen molar-refractivity contribution in [2.45, 2.75) is 25.7 Å². The van der Waals surface area contributed by atoms with Crippen LogP contribution in [-0.4, -0.2) is 32.0 Å². The first kappa shape index (κ1) is 13.0. The van der Waals surface area contributed by atoms with Gasteiger partial charge in [0.1, 0.15) is 0 Å². The highest BCUT2D eigenvalue weighted by atomic mass is 16.2. The van der Waals surface area contributed by atoms with Gasteiger partial charge < -0.3 is 16.4 Å². The lowest BCUT2D eigenvalue weighted by Gasteiger charge is -2.26.